The van der Waals surface area contributed by atoms with Gasteiger partial charge in [-0.1, -0.05) is 24.3 Å². The Kier molecular flexibility index (Phi) is 5.84. The second-order valence-corrected chi connectivity index (χ2v) is 6.49. The molecule has 0 saturated carbocycles. The second-order valence-electron chi connectivity index (χ2n) is 6.49. The SMILES string of the molecule is CC(CCO)NC(=O)C(C)(C)c1ccc(-c2cncc(C#N)n2)cc1. The summed E-state index contributed by atoms with van der Waals surface area (Å²) in [5.74, 6) is -0.0903. The summed E-state index contributed by atoms with van der Waals surface area (Å²) in [6.45, 7) is 5.63. The van der Waals surface area contributed by atoms with E-state index in [0.29, 0.717) is 12.1 Å². The number of amides is 1. The van der Waals surface area contributed by atoms with E-state index in [2.05, 4.69) is 15.3 Å². The van der Waals surface area contributed by atoms with Crippen molar-refractivity contribution in [3.8, 4) is 17.3 Å². The van der Waals surface area contributed by atoms with Crippen molar-refractivity contribution in [1.29, 1.82) is 5.26 Å². The van der Waals surface area contributed by atoms with Gasteiger partial charge in [-0.2, -0.15) is 5.26 Å². The summed E-state index contributed by atoms with van der Waals surface area (Å²) in [4.78, 5) is 20.8. The maximum atomic E-state index is 12.5. The molecule has 2 N–H and O–H groups in total. The first-order valence-corrected chi connectivity index (χ1v) is 8.13. The summed E-state index contributed by atoms with van der Waals surface area (Å²) in [7, 11) is 0. The molecule has 0 saturated heterocycles. The molecule has 6 heteroatoms. The Bertz CT molecular complexity index is 779. The van der Waals surface area contributed by atoms with Crippen molar-refractivity contribution in [3.05, 3.63) is 47.9 Å². The summed E-state index contributed by atoms with van der Waals surface area (Å²) >= 11 is 0. The number of carbonyl (C=O) groups excluding carboxylic acids is 1. The van der Waals surface area contributed by atoms with Crippen LogP contribution in [0.1, 0.15) is 38.4 Å². The maximum Gasteiger partial charge on any atom is 0.230 e. The summed E-state index contributed by atoms with van der Waals surface area (Å²) in [5.41, 5.74) is 1.87. The molecule has 0 aliphatic carbocycles. The Morgan fingerprint density at radius 3 is 2.60 bits per heavy atom. The molecule has 25 heavy (non-hydrogen) atoms. The van der Waals surface area contributed by atoms with Gasteiger partial charge in [-0.3, -0.25) is 9.78 Å². The van der Waals surface area contributed by atoms with E-state index in [0.717, 1.165) is 11.1 Å². The van der Waals surface area contributed by atoms with Crippen molar-refractivity contribution < 1.29 is 9.90 Å². The third-order valence-corrected chi connectivity index (χ3v) is 4.16. The molecular weight excluding hydrogens is 316 g/mol. The molecule has 130 valence electrons. The fraction of sp³-hybridized carbons (Fsp3) is 0.368. The smallest absolute Gasteiger partial charge is 0.230 e. The number of carbonyl (C=O) groups is 1. The predicted molar refractivity (Wildman–Crippen MR) is 94.5 cm³/mol. The number of hydrogen-bond donors (Lipinski definition) is 2. The highest BCUT2D eigenvalue weighted by Gasteiger charge is 2.30. The van der Waals surface area contributed by atoms with Gasteiger partial charge in [0.1, 0.15) is 6.07 Å². The average molecular weight is 338 g/mol. The van der Waals surface area contributed by atoms with E-state index >= 15 is 0 Å². The van der Waals surface area contributed by atoms with Crippen molar-refractivity contribution in [2.45, 2.75) is 38.6 Å². The van der Waals surface area contributed by atoms with Crippen LogP contribution in [0.25, 0.3) is 11.3 Å². The Hall–Kier alpha value is -2.78. The van der Waals surface area contributed by atoms with Crippen molar-refractivity contribution in [3.63, 3.8) is 0 Å². The van der Waals surface area contributed by atoms with Gasteiger partial charge in [-0.05, 0) is 32.8 Å². The normalized spacial score (nSPS) is 12.3. The number of hydrogen-bond acceptors (Lipinski definition) is 5. The van der Waals surface area contributed by atoms with Crippen LogP contribution in [0.5, 0.6) is 0 Å². The number of nitrogens with zero attached hydrogens (tertiary/aromatic N) is 3. The molecule has 2 aromatic rings. The van der Waals surface area contributed by atoms with Gasteiger partial charge in [0.05, 0.1) is 23.5 Å². The van der Waals surface area contributed by atoms with E-state index in [1.165, 1.54) is 6.20 Å². The highest BCUT2D eigenvalue weighted by Crippen LogP contribution is 2.26. The van der Waals surface area contributed by atoms with Crippen LogP contribution >= 0.6 is 0 Å². The maximum absolute atomic E-state index is 12.5. The van der Waals surface area contributed by atoms with Crippen molar-refractivity contribution in [2.75, 3.05) is 6.61 Å². The molecule has 0 bridgehead atoms. The van der Waals surface area contributed by atoms with E-state index in [4.69, 9.17) is 10.4 Å². The molecule has 1 heterocycles. The Balaban J connectivity index is 2.20. The summed E-state index contributed by atoms with van der Waals surface area (Å²) in [6.07, 6.45) is 3.54. The number of aliphatic hydroxyl groups is 1. The van der Waals surface area contributed by atoms with Crippen molar-refractivity contribution >= 4 is 5.91 Å². The minimum absolute atomic E-state index is 0.0410. The molecule has 0 aliphatic heterocycles. The van der Waals surface area contributed by atoms with E-state index in [1.54, 1.807) is 6.20 Å². The molecule has 0 radical (unpaired) electrons. The number of aliphatic hydroxyl groups excluding tert-OH is 1. The number of nitrogens with one attached hydrogen (secondary N) is 1. The molecule has 1 amide bonds. The van der Waals surface area contributed by atoms with Crippen LogP contribution in [0.2, 0.25) is 0 Å². The lowest BCUT2D eigenvalue weighted by Gasteiger charge is -2.26. The lowest BCUT2D eigenvalue weighted by Crippen LogP contribution is -2.44. The first-order chi connectivity index (χ1) is 11.9. The molecule has 0 spiro atoms. The summed E-state index contributed by atoms with van der Waals surface area (Å²) < 4.78 is 0. The molecule has 1 unspecified atom stereocenters. The first kappa shape index (κ1) is 18.6. The monoisotopic (exact) mass is 338 g/mol. The Labute approximate surface area is 147 Å². The van der Waals surface area contributed by atoms with Crippen LogP contribution in [0.4, 0.5) is 0 Å². The highest BCUT2D eigenvalue weighted by atomic mass is 16.3. The topological polar surface area (TPSA) is 98.9 Å². The predicted octanol–water partition coefficient (Wildman–Crippen LogP) is 2.18. The minimum atomic E-state index is -0.706. The molecule has 6 nitrogen and oxygen atoms in total. The lowest BCUT2D eigenvalue weighted by molar-refractivity contribution is -0.126. The standard InChI is InChI=1S/C19H22N4O2/c1-13(8-9-24)22-18(25)19(2,3)15-6-4-14(5-7-15)17-12-21-11-16(10-20)23-17/h4-7,11-13,24H,8-9H2,1-3H3,(H,22,25). The highest BCUT2D eigenvalue weighted by molar-refractivity contribution is 5.87. The zero-order valence-electron chi connectivity index (χ0n) is 14.7. The summed E-state index contributed by atoms with van der Waals surface area (Å²) in [6, 6.07) is 9.39. The van der Waals surface area contributed by atoms with Gasteiger partial charge < -0.3 is 10.4 Å². The number of benzene rings is 1. The largest absolute Gasteiger partial charge is 0.396 e. The fourth-order valence-corrected chi connectivity index (χ4v) is 2.42. The van der Waals surface area contributed by atoms with E-state index in [1.807, 2.05) is 51.1 Å². The fourth-order valence-electron chi connectivity index (χ4n) is 2.42. The lowest BCUT2D eigenvalue weighted by atomic mass is 9.83. The number of aromatic nitrogens is 2. The van der Waals surface area contributed by atoms with Crippen molar-refractivity contribution in [2.24, 2.45) is 0 Å². The number of rotatable bonds is 6. The number of nitriles is 1. The van der Waals surface area contributed by atoms with Crippen LogP contribution in [-0.2, 0) is 10.2 Å². The Morgan fingerprint density at radius 2 is 2.00 bits per heavy atom. The molecular formula is C19H22N4O2. The average Bonchev–Trinajstić information content (AvgIpc) is 2.62. The van der Waals surface area contributed by atoms with Crippen LogP contribution in [0.15, 0.2) is 36.7 Å². The van der Waals surface area contributed by atoms with Crippen LogP contribution in [0.3, 0.4) is 0 Å². The van der Waals surface area contributed by atoms with Gasteiger partial charge in [0.25, 0.3) is 0 Å². The van der Waals surface area contributed by atoms with Crippen LogP contribution < -0.4 is 5.32 Å². The summed E-state index contributed by atoms with van der Waals surface area (Å²) in [5, 5.41) is 20.8. The molecule has 0 aliphatic rings. The van der Waals surface area contributed by atoms with Crippen molar-refractivity contribution in [1.82, 2.24) is 15.3 Å². The van der Waals surface area contributed by atoms with E-state index < -0.39 is 5.41 Å². The van der Waals surface area contributed by atoms with Gasteiger partial charge >= 0.3 is 0 Å². The third-order valence-electron chi connectivity index (χ3n) is 4.16. The molecule has 1 aromatic heterocycles. The van der Waals surface area contributed by atoms with Gasteiger partial charge in [-0.25, -0.2) is 4.98 Å². The van der Waals surface area contributed by atoms with Gasteiger partial charge in [0, 0.05) is 18.2 Å². The molecule has 1 atom stereocenters. The van der Waals surface area contributed by atoms with E-state index in [9.17, 15) is 4.79 Å². The second kappa shape index (κ2) is 7.86. The molecule has 1 aromatic carbocycles. The van der Waals surface area contributed by atoms with E-state index in [-0.39, 0.29) is 24.2 Å². The Morgan fingerprint density at radius 1 is 1.32 bits per heavy atom. The van der Waals surface area contributed by atoms with Crippen LogP contribution in [-0.4, -0.2) is 33.6 Å². The minimum Gasteiger partial charge on any atom is -0.396 e. The zero-order valence-corrected chi connectivity index (χ0v) is 14.7. The molecule has 0 fully saturated rings. The van der Waals surface area contributed by atoms with Gasteiger partial charge in [0.2, 0.25) is 5.91 Å². The van der Waals surface area contributed by atoms with Crippen LogP contribution in [0, 0.1) is 11.3 Å². The molecule has 2 rings (SSSR count). The third kappa shape index (κ3) is 4.40. The zero-order chi connectivity index (χ0) is 18.4. The van der Waals surface area contributed by atoms with Gasteiger partial charge in [0.15, 0.2) is 5.69 Å². The quantitative estimate of drug-likeness (QED) is 0.841. The van der Waals surface area contributed by atoms with Gasteiger partial charge in [-0.15, -0.1) is 0 Å². The first-order valence-electron chi connectivity index (χ1n) is 8.13.